The van der Waals surface area contributed by atoms with E-state index in [1.807, 2.05) is 32.0 Å². The van der Waals surface area contributed by atoms with Gasteiger partial charge in [-0.15, -0.1) is 0 Å². The molecule has 0 saturated carbocycles. The maximum atomic E-state index is 12.5. The van der Waals surface area contributed by atoms with E-state index in [-0.39, 0.29) is 11.3 Å². The Bertz CT molecular complexity index is 982. The molecule has 0 aliphatic carbocycles. The number of hydrogen-bond donors (Lipinski definition) is 1. The van der Waals surface area contributed by atoms with Gasteiger partial charge in [0.1, 0.15) is 5.66 Å². The van der Waals surface area contributed by atoms with Gasteiger partial charge in [0.25, 0.3) is 0 Å². The Morgan fingerprint density at radius 3 is 2.57 bits per heavy atom. The van der Waals surface area contributed by atoms with Crippen LogP contribution in [0.15, 0.2) is 48.5 Å². The highest BCUT2D eigenvalue weighted by Crippen LogP contribution is 2.52. The smallest absolute Gasteiger partial charge is 0.223 e. The van der Waals surface area contributed by atoms with E-state index in [1.54, 1.807) is 0 Å². The molecule has 4 rings (SSSR count). The molecule has 1 atom stereocenters. The normalized spacial score (nSPS) is 21.9. The second-order valence-corrected chi connectivity index (χ2v) is 8.26. The van der Waals surface area contributed by atoms with Gasteiger partial charge in [0, 0.05) is 24.1 Å². The third kappa shape index (κ3) is 3.13. The van der Waals surface area contributed by atoms with Crippen molar-refractivity contribution in [2.24, 2.45) is 0 Å². The summed E-state index contributed by atoms with van der Waals surface area (Å²) in [4.78, 5) is 14.8. The molecule has 0 bridgehead atoms. The molecular weight excluding hydrogens is 376 g/mol. The summed E-state index contributed by atoms with van der Waals surface area (Å²) in [7, 11) is 0. The number of nitrogens with one attached hydrogen (secondary N) is 1. The number of ether oxygens (including phenoxy) is 2. The van der Waals surface area contributed by atoms with Crippen molar-refractivity contribution in [1.82, 2.24) is 5.32 Å². The minimum Gasteiger partial charge on any atom is -0.490 e. The first-order valence-electron chi connectivity index (χ1n) is 10.7. The van der Waals surface area contributed by atoms with Gasteiger partial charge in [0.05, 0.1) is 13.2 Å². The molecule has 2 aliphatic heterocycles. The quantitative estimate of drug-likeness (QED) is 0.767. The van der Waals surface area contributed by atoms with Crippen LogP contribution in [-0.2, 0) is 10.2 Å². The van der Waals surface area contributed by atoms with Gasteiger partial charge in [-0.05, 0) is 49.2 Å². The molecule has 5 nitrogen and oxygen atoms in total. The van der Waals surface area contributed by atoms with Crippen LogP contribution in [0.5, 0.6) is 11.5 Å². The first-order chi connectivity index (χ1) is 14.4. The van der Waals surface area contributed by atoms with Crippen molar-refractivity contribution in [2.75, 3.05) is 24.7 Å². The average Bonchev–Trinajstić information content (AvgIpc) is 2.92. The summed E-state index contributed by atoms with van der Waals surface area (Å²) in [6.45, 7) is 10.2. The lowest BCUT2D eigenvalue weighted by Gasteiger charge is -2.49. The maximum absolute atomic E-state index is 12.5. The molecule has 0 spiro atoms. The number of benzene rings is 2. The number of carbonyl (C=O) groups is 1. The van der Waals surface area contributed by atoms with E-state index in [9.17, 15) is 4.79 Å². The Kier molecular flexibility index (Phi) is 5.22. The van der Waals surface area contributed by atoms with E-state index in [2.05, 4.69) is 60.5 Å². The van der Waals surface area contributed by atoms with E-state index in [0.29, 0.717) is 26.2 Å². The molecule has 1 N–H and O–H groups in total. The third-order valence-electron chi connectivity index (χ3n) is 6.22. The molecule has 30 heavy (non-hydrogen) atoms. The van der Waals surface area contributed by atoms with Gasteiger partial charge in [-0.2, -0.15) is 0 Å². The second kappa shape index (κ2) is 7.71. The van der Waals surface area contributed by atoms with Crippen molar-refractivity contribution in [3.05, 3.63) is 59.7 Å². The van der Waals surface area contributed by atoms with Crippen molar-refractivity contribution in [3.8, 4) is 11.5 Å². The summed E-state index contributed by atoms with van der Waals surface area (Å²) in [5.74, 6) is 1.56. The molecule has 2 aromatic carbocycles. The lowest BCUT2D eigenvalue weighted by molar-refractivity contribution is -0.124. The first kappa shape index (κ1) is 20.3. The van der Waals surface area contributed by atoms with Crippen LogP contribution in [0.25, 0.3) is 6.08 Å². The SMILES string of the molecule is CCOc1ccc(/C=C/C23NC(=O)CCN2c2ccccc2C3(C)C)cc1OCC. The topological polar surface area (TPSA) is 50.8 Å². The standard InChI is InChI=1S/C25H30N2O3/c1-5-29-21-12-11-18(17-22(21)30-6-2)13-15-25-24(3,4)19-9-7-8-10-20(19)27(25)16-14-23(28)26-25/h7-13,15,17H,5-6,14,16H2,1-4H3,(H,26,28)/b15-13+. The lowest BCUT2D eigenvalue weighted by Crippen LogP contribution is -2.68. The Hall–Kier alpha value is -2.95. The van der Waals surface area contributed by atoms with Crippen LogP contribution in [0.1, 0.15) is 45.2 Å². The van der Waals surface area contributed by atoms with Gasteiger partial charge in [-0.1, -0.05) is 44.2 Å². The molecule has 0 radical (unpaired) electrons. The van der Waals surface area contributed by atoms with Crippen molar-refractivity contribution >= 4 is 17.7 Å². The van der Waals surface area contributed by atoms with Crippen LogP contribution in [0.3, 0.4) is 0 Å². The molecule has 1 unspecified atom stereocenters. The van der Waals surface area contributed by atoms with Gasteiger partial charge in [-0.3, -0.25) is 4.79 Å². The first-order valence-corrected chi connectivity index (χ1v) is 10.7. The lowest BCUT2D eigenvalue weighted by atomic mass is 9.74. The molecule has 2 aromatic rings. The molecule has 0 aromatic heterocycles. The summed E-state index contributed by atoms with van der Waals surface area (Å²) in [5.41, 5.74) is 2.54. The minimum atomic E-state index is -0.615. The van der Waals surface area contributed by atoms with Crippen LogP contribution in [-0.4, -0.2) is 31.3 Å². The van der Waals surface area contributed by atoms with Crippen molar-refractivity contribution in [3.63, 3.8) is 0 Å². The molecule has 158 valence electrons. The van der Waals surface area contributed by atoms with Gasteiger partial charge in [0.2, 0.25) is 5.91 Å². The van der Waals surface area contributed by atoms with E-state index in [1.165, 1.54) is 11.3 Å². The Labute approximate surface area is 178 Å². The molecule has 2 aliphatic rings. The summed E-state index contributed by atoms with van der Waals surface area (Å²) in [6.07, 6.45) is 4.71. The fourth-order valence-corrected chi connectivity index (χ4v) is 4.71. The van der Waals surface area contributed by atoms with Gasteiger partial charge < -0.3 is 19.7 Å². The van der Waals surface area contributed by atoms with Crippen LogP contribution < -0.4 is 19.7 Å². The molecule has 1 saturated heterocycles. The number of fused-ring (bicyclic) bond motifs is 3. The maximum Gasteiger partial charge on any atom is 0.223 e. The Morgan fingerprint density at radius 1 is 1.07 bits per heavy atom. The van der Waals surface area contributed by atoms with Crippen molar-refractivity contribution < 1.29 is 14.3 Å². The highest BCUT2D eigenvalue weighted by atomic mass is 16.5. The van der Waals surface area contributed by atoms with E-state index >= 15 is 0 Å². The summed E-state index contributed by atoms with van der Waals surface area (Å²) in [5, 5.41) is 3.31. The van der Waals surface area contributed by atoms with Gasteiger partial charge in [-0.25, -0.2) is 0 Å². The highest BCUT2D eigenvalue weighted by Gasteiger charge is 2.57. The van der Waals surface area contributed by atoms with Crippen LogP contribution >= 0.6 is 0 Å². The summed E-state index contributed by atoms with van der Waals surface area (Å²) < 4.78 is 11.5. The summed E-state index contributed by atoms with van der Waals surface area (Å²) in [6, 6.07) is 14.4. The van der Waals surface area contributed by atoms with E-state index in [0.717, 1.165) is 17.1 Å². The number of carbonyl (C=O) groups excluding carboxylic acids is 1. The van der Waals surface area contributed by atoms with E-state index < -0.39 is 5.66 Å². The fraction of sp³-hybridized carbons (Fsp3) is 0.400. The number of nitrogens with zero attached hydrogens (tertiary/aromatic N) is 1. The number of anilines is 1. The zero-order valence-electron chi connectivity index (χ0n) is 18.2. The monoisotopic (exact) mass is 406 g/mol. The van der Waals surface area contributed by atoms with Crippen LogP contribution in [0.4, 0.5) is 5.69 Å². The zero-order valence-corrected chi connectivity index (χ0v) is 18.2. The Morgan fingerprint density at radius 2 is 1.80 bits per heavy atom. The predicted molar refractivity (Wildman–Crippen MR) is 120 cm³/mol. The molecule has 5 heteroatoms. The summed E-state index contributed by atoms with van der Waals surface area (Å²) >= 11 is 0. The van der Waals surface area contributed by atoms with Crippen LogP contribution in [0, 0.1) is 0 Å². The van der Waals surface area contributed by atoms with Gasteiger partial charge >= 0.3 is 0 Å². The highest BCUT2D eigenvalue weighted by molar-refractivity contribution is 5.84. The fourth-order valence-electron chi connectivity index (χ4n) is 4.71. The largest absolute Gasteiger partial charge is 0.490 e. The van der Waals surface area contributed by atoms with E-state index in [4.69, 9.17) is 9.47 Å². The Balaban J connectivity index is 1.76. The predicted octanol–water partition coefficient (Wildman–Crippen LogP) is 4.51. The van der Waals surface area contributed by atoms with Crippen molar-refractivity contribution in [2.45, 2.75) is 45.2 Å². The van der Waals surface area contributed by atoms with Crippen LogP contribution in [0.2, 0.25) is 0 Å². The number of amides is 1. The van der Waals surface area contributed by atoms with Gasteiger partial charge in [0.15, 0.2) is 11.5 Å². The zero-order chi connectivity index (χ0) is 21.4. The third-order valence-corrected chi connectivity index (χ3v) is 6.22. The molecule has 1 amide bonds. The minimum absolute atomic E-state index is 0.0819. The second-order valence-electron chi connectivity index (χ2n) is 8.26. The number of rotatable bonds is 6. The molecular formula is C25H30N2O3. The van der Waals surface area contributed by atoms with Crippen molar-refractivity contribution in [1.29, 1.82) is 0 Å². The molecule has 1 fully saturated rings. The average molecular weight is 407 g/mol. The number of hydrogen-bond acceptors (Lipinski definition) is 4. The number of para-hydroxylation sites is 1. The molecule has 2 heterocycles.